The molecule has 3 aromatic heterocycles. The van der Waals surface area contributed by atoms with Gasteiger partial charge in [-0.1, -0.05) is 30.7 Å². The number of anilines is 1. The summed E-state index contributed by atoms with van der Waals surface area (Å²) in [4.78, 5) is 11.6. The van der Waals surface area contributed by atoms with Gasteiger partial charge in [0.1, 0.15) is 16.9 Å². The quantitative estimate of drug-likeness (QED) is 0.489. The second-order valence-corrected chi connectivity index (χ2v) is 7.73. The van der Waals surface area contributed by atoms with Crippen LogP contribution in [0.5, 0.6) is 0 Å². The number of aromatic nitrogens is 6. The van der Waals surface area contributed by atoms with Crippen LogP contribution >= 0.6 is 11.6 Å². The SMILES string of the molecule is CC1CCN(c2nc3[nH]nc(-c4ccc5cn[nH]c5c4Cl)c3nc2CO)CC1. The highest BCUT2D eigenvalue weighted by molar-refractivity contribution is 6.38. The van der Waals surface area contributed by atoms with Crippen molar-refractivity contribution in [2.24, 2.45) is 5.92 Å². The van der Waals surface area contributed by atoms with Crippen LogP contribution in [0.3, 0.4) is 0 Å². The molecule has 1 saturated heterocycles. The van der Waals surface area contributed by atoms with Gasteiger partial charge in [-0.3, -0.25) is 10.2 Å². The molecule has 0 aliphatic carbocycles. The number of rotatable bonds is 3. The molecule has 5 rings (SSSR count). The van der Waals surface area contributed by atoms with Gasteiger partial charge in [0.15, 0.2) is 11.5 Å². The molecule has 1 aliphatic rings. The zero-order chi connectivity index (χ0) is 19.3. The van der Waals surface area contributed by atoms with Crippen molar-refractivity contribution in [2.45, 2.75) is 26.4 Å². The average molecular weight is 398 g/mol. The van der Waals surface area contributed by atoms with Crippen LogP contribution in [0.2, 0.25) is 5.02 Å². The summed E-state index contributed by atoms with van der Waals surface area (Å²) >= 11 is 6.58. The summed E-state index contributed by atoms with van der Waals surface area (Å²) in [5.74, 6) is 1.44. The van der Waals surface area contributed by atoms with E-state index in [0.717, 1.165) is 48.2 Å². The normalized spacial score (nSPS) is 15.8. The fraction of sp³-hybridized carbons (Fsp3) is 0.368. The Kier molecular flexibility index (Phi) is 4.17. The van der Waals surface area contributed by atoms with Crippen LogP contribution in [0.4, 0.5) is 5.82 Å². The molecule has 0 saturated carbocycles. The molecule has 0 radical (unpaired) electrons. The second-order valence-electron chi connectivity index (χ2n) is 7.35. The van der Waals surface area contributed by atoms with Gasteiger partial charge in [-0.15, -0.1) is 0 Å². The molecule has 28 heavy (non-hydrogen) atoms. The van der Waals surface area contributed by atoms with Crippen LogP contribution in [0.25, 0.3) is 33.3 Å². The number of H-pyrrole nitrogens is 2. The van der Waals surface area contributed by atoms with Gasteiger partial charge in [-0.25, -0.2) is 9.97 Å². The maximum absolute atomic E-state index is 9.93. The number of fused-ring (bicyclic) bond motifs is 2. The summed E-state index contributed by atoms with van der Waals surface area (Å²) in [6.07, 6.45) is 3.94. The number of nitrogens with one attached hydrogen (secondary N) is 2. The van der Waals surface area contributed by atoms with Gasteiger partial charge in [0.2, 0.25) is 0 Å². The van der Waals surface area contributed by atoms with Crippen LogP contribution in [0.1, 0.15) is 25.5 Å². The van der Waals surface area contributed by atoms with E-state index in [9.17, 15) is 5.11 Å². The lowest BCUT2D eigenvalue weighted by Crippen LogP contribution is -2.34. The molecule has 144 valence electrons. The third kappa shape index (κ3) is 2.71. The van der Waals surface area contributed by atoms with E-state index >= 15 is 0 Å². The number of aromatic amines is 2. The summed E-state index contributed by atoms with van der Waals surface area (Å²) in [5, 5.41) is 25.7. The number of halogens is 1. The van der Waals surface area contributed by atoms with E-state index in [2.05, 4.69) is 32.2 Å². The zero-order valence-corrected chi connectivity index (χ0v) is 16.2. The van der Waals surface area contributed by atoms with Crippen molar-refractivity contribution < 1.29 is 5.11 Å². The summed E-state index contributed by atoms with van der Waals surface area (Å²) in [5.41, 5.74) is 3.84. The number of aliphatic hydroxyl groups is 1. The lowest BCUT2D eigenvalue weighted by molar-refractivity contribution is 0.276. The molecule has 1 aliphatic heterocycles. The predicted molar refractivity (Wildman–Crippen MR) is 108 cm³/mol. The maximum atomic E-state index is 9.93. The Bertz CT molecular complexity index is 1160. The molecule has 9 heteroatoms. The van der Waals surface area contributed by atoms with Crippen molar-refractivity contribution >= 4 is 39.5 Å². The minimum Gasteiger partial charge on any atom is -0.390 e. The summed E-state index contributed by atoms with van der Waals surface area (Å²) in [6.45, 7) is 3.91. The first-order valence-corrected chi connectivity index (χ1v) is 9.76. The molecule has 1 aromatic carbocycles. The Morgan fingerprint density at radius 1 is 1.21 bits per heavy atom. The van der Waals surface area contributed by atoms with E-state index in [1.54, 1.807) is 6.20 Å². The topological polar surface area (TPSA) is 107 Å². The number of aliphatic hydroxyl groups excluding tert-OH is 1. The highest BCUT2D eigenvalue weighted by Gasteiger charge is 2.23. The standard InChI is InChI=1S/C19H20ClN7O/c1-10-4-6-27(7-5-10)19-13(9-28)22-17-16(25-26-18(17)23-19)12-3-2-11-8-21-24-15(11)14(12)20/h2-3,8,10,28H,4-7,9H2,1H3,(H,21,24)(H,23,25,26). The fourth-order valence-electron chi connectivity index (χ4n) is 3.80. The summed E-state index contributed by atoms with van der Waals surface area (Å²) in [6, 6.07) is 3.83. The minimum atomic E-state index is -0.178. The molecular weight excluding hydrogens is 378 g/mol. The van der Waals surface area contributed by atoms with E-state index < -0.39 is 0 Å². The molecule has 4 heterocycles. The monoisotopic (exact) mass is 397 g/mol. The Morgan fingerprint density at radius 3 is 2.82 bits per heavy atom. The van der Waals surface area contributed by atoms with Gasteiger partial charge in [0.05, 0.1) is 23.3 Å². The fourth-order valence-corrected chi connectivity index (χ4v) is 4.10. The Hall–Kier alpha value is -2.71. The van der Waals surface area contributed by atoms with Crippen molar-refractivity contribution in [3.8, 4) is 11.3 Å². The zero-order valence-electron chi connectivity index (χ0n) is 15.4. The molecule has 0 bridgehead atoms. The molecular formula is C19H20ClN7O. The highest BCUT2D eigenvalue weighted by atomic mass is 35.5. The van der Waals surface area contributed by atoms with E-state index in [4.69, 9.17) is 21.6 Å². The molecule has 4 aromatic rings. The maximum Gasteiger partial charge on any atom is 0.177 e. The largest absolute Gasteiger partial charge is 0.390 e. The first-order chi connectivity index (χ1) is 13.7. The van der Waals surface area contributed by atoms with Crippen molar-refractivity contribution in [3.05, 3.63) is 29.0 Å². The third-order valence-electron chi connectivity index (χ3n) is 5.49. The predicted octanol–water partition coefficient (Wildman–Crippen LogP) is 3.28. The number of hydrogen-bond donors (Lipinski definition) is 3. The molecule has 1 fully saturated rings. The Balaban J connectivity index is 1.63. The molecule has 0 spiro atoms. The van der Waals surface area contributed by atoms with Crippen molar-refractivity contribution in [2.75, 3.05) is 18.0 Å². The Labute approximate surface area is 165 Å². The van der Waals surface area contributed by atoms with E-state index in [1.165, 1.54) is 0 Å². The average Bonchev–Trinajstić information content (AvgIpc) is 3.35. The first-order valence-electron chi connectivity index (χ1n) is 9.38. The van der Waals surface area contributed by atoms with E-state index in [1.807, 2.05) is 12.1 Å². The van der Waals surface area contributed by atoms with Gasteiger partial charge in [-0.2, -0.15) is 10.2 Å². The minimum absolute atomic E-state index is 0.178. The summed E-state index contributed by atoms with van der Waals surface area (Å²) < 4.78 is 0. The Morgan fingerprint density at radius 2 is 2.04 bits per heavy atom. The van der Waals surface area contributed by atoms with Crippen molar-refractivity contribution in [3.63, 3.8) is 0 Å². The van der Waals surface area contributed by atoms with E-state index in [0.29, 0.717) is 33.5 Å². The molecule has 0 atom stereocenters. The molecule has 0 unspecified atom stereocenters. The van der Waals surface area contributed by atoms with E-state index in [-0.39, 0.29) is 6.61 Å². The molecule has 8 nitrogen and oxygen atoms in total. The van der Waals surface area contributed by atoms with Crippen LogP contribution in [-0.2, 0) is 6.61 Å². The molecule has 0 amide bonds. The van der Waals surface area contributed by atoms with Crippen LogP contribution in [0, 0.1) is 5.92 Å². The number of nitrogens with zero attached hydrogens (tertiary/aromatic N) is 5. The number of piperidine rings is 1. The number of benzene rings is 1. The highest BCUT2D eigenvalue weighted by Crippen LogP contribution is 2.36. The van der Waals surface area contributed by atoms with Crippen molar-refractivity contribution in [1.82, 2.24) is 30.4 Å². The van der Waals surface area contributed by atoms with Crippen molar-refractivity contribution in [1.29, 1.82) is 0 Å². The first kappa shape index (κ1) is 17.4. The smallest absolute Gasteiger partial charge is 0.177 e. The third-order valence-corrected chi connectivity index (χ3v) is 5.88. The van der Waals surface area contributed by atoms with Gasteiger partial charge in [0, 0.05) is 24.0 Å². The lowest BCUT2D eigenvalue weighted by Gasteiger charge is -2.31. The van der Waals surface area contributed by atoms with Crippen LogP contribution < -0.4 is 4.90 Å². The second kappa shape index (κ2) is 6.72. The molecule has 3 N–H and O–H groups in total. The lowest BCUT2D eigenvalue weighted by atomic mass is 9.99. The van der Waals surface area contributed by atoms with Gasteiger partial charge >= 0.3 is 0 Å². The van der Waals surface area contributed by atoms with Crippen LogP contribution in [-0.4, -0.2) is 48.6 Å². The van der Waals surface area contributed by atoms with Gasteiger partial charge < -0.3 is 10.0 Å². The van der Waals surface area contributed by atoms with Gasteiger partial charge in [-0.05, 0) is 18.8 Å². The van der Waals surface area contributed by atoms with Gasteiger partial charge in [0.25, 0.3) is 0 Å². The number of hydrogen-bond acceptors (Lipinski definition) is 6. The summed E-state index contributed by atoms with van der Waals surface area (Å²) in [7, 11) is 0. The van der Waals surface area contributed by atoms with Crippen LogP contribution in [0.15, 0.2) is 18.3 Å².